The molecule has 0 radical (unpaired) electrons. The minimum Gasteiger partial charge on any atom is -0.487 e. The van der Waals surface area contributed by atoms with Gasteiger partial charge in [-0.2, -0.15) is 13.2 Å². The molecule has 0 aromatic carbocycles. The van der Waals surface area contributed by atoms with E-state index in [1.165, 1.54) is 29.2 Å². The molecule has 3 aromatic heterocycles. The molecule has 0 aliphatic heterocycles. The molecule has 0 aliphatic carbocycles. The van der Waals surface area contributed by atoms with Gasteiger partial charge in [-0.1, -0.05) is 26.3 Å². The first-order valence-electron chi connectivity index (χ1n) is 8.67. The summed E-state index contributed by atoms with van der Waals surface area (Å²) in [6.07, 6.45) is -0.812. The van der Waals surface area contributed by atoms with Crippen LogP contribution in [0.4, 0.5) is 13.2 Å². The van der Waals surface area contributed by atoms with Gasteiger partial charge in [0.05, 0.1) is 6.20 Å². The summed E-state index contributed by atoms with van der Waals surface area (Å²) in [5, 5.41) is 9.28. The lowest BCUT2D eigenvalue weighted by molar-refractivity contribution is -0.142. The SMILES string of the molecule is CCC.Cc1cc2ccc(OCc3cccnc3C(F)(F)F)cn2c1C(=O)O. The van der Waals surface area contributed by atoms with Crippen molar-refractivity contribution in [3.8, 4) is 5.75 Å². The van der Waals surface area contributed by atoms with Crippen LogP contribution in [-0.2, 0) is 12.8 Å². The van der Waals surface area contributed by atoms with Crippen LogP contribution in [0.1, 0.15) is 47.6 Å². The van der Waals surface area contributed by atoms with Gasteiger partial charge in [0.15, 0.2) is 5.69 Å². The number of carbonyl (C=O) groups is 1. The van der Waals surface area contributed by atoms with E-state index in [1.807, 2.05) is 0 Å². The van der Waals surface area contributed by atoms with Crippen LogP contribution in [0.15, 0.2) is 42.7 Å². The van der Waals surface area contributed by atoms with Gasteiger partial charge in [-0.3, -0.25) is 4.98 Å². The van der Waals surface area contributed by atoms with E-state index in [4.69, 9.17) is 4.74 Å². The third kappa shape index (κ3) is 4.82. The maximum atomic E-state index is 12.9. The third-order valence-electron chi connectivity index (χ3n) is 3.69. The fraction of sp³-hybridized carbons (Fsp3) is 0.300. The number of nitrogens with zero attached hydrogens (tertiary/aromatic N) is 2. The van der Waals surface area contributed by atoms with Crippen molar-refractivity contribution in [2.75, 3.05) is 0 Å². The van der Waals surface area contributed by atoms with Crippen molar-refractivity contribution < 1.29 is 27.8 Å². The normalized spacial score (nSPS) is 11.1. The number of alkyl halides is 3. The van der Waals surface area contributed by atoms with Crippen LogP contribution >= 0.6 is 0 Å². The van der Waals surface area contributed by atoms with Crippen molar-refractivity contribution in [2.45, 2.75) is 40.0 Å². The van der Waals surface area contributed by atoms with Gasteiger partial charge in [-0.05, 0) is 36.8 Å². The number of ether oxygens (including phenoxy) is 1. The van der Waals surface area contributed by atoms with Crippen molar-refractivity contribution >= 4 is 11.5 Å². The van der Waals surface area contributed by atoms with Gasteiger partial charge in [-0.25, -0.2) is 4.79 Å². The molecule has 0 saturated carbocycles. The standard InChI is InChI=1S/C17H13F3N2O3.C3H8/c1-10-7-12-4-5-13(8-22(12)14(10)16(23)24)25-9-11-3-2-6-21-15(11)17(18,19)20;1-3-2/h2-8H,9H2,1H3,(H,23,24);3H2,1-2H3. The third-order valence-corrected chi connectivity index (χ3v) is 3.69. The summed E-state index contributed by atoms with van der Waals surface area (Å²) in [6, 6.07) is 7.61. The highest BCUT2D eigenvalue weighted by Crippen LogP contribution is 2.30. The maximum Gasteiger partial charge on any atom is 0.433 e. The molecule has 3 aromatic rings. The lowest BCUT2D eigenvalue weighted by Crippen LogP contribution is -2.13. The summed E-state index contributed by atoms with van der Waals surface area (Å²) in [7, 11) is 0. The Labute approximate surface area is 160 Å². The lowest BCUT2D eigenvalue weighted by Gasteiger charge is -2.12. The molecule has 0 atom stereocenters. The first-order valence-corrected chi connectivity index (χ1v) is 8.67. The molecule has 150 valence electrons. The van der Waals surface area contributed by atoms with Gasteiger partial charge < -0.3 is 14.2 Å². The van der Waals surface area contributed by atoms with Gasteiger partial charge in [0.25, 0.3) is 0 Å². The maximum absolute atomic E-state index is 12.9. The number of hydrogen-bond donors (Lipinski definition) is 1. The van der Waals surface area contributed by atoms with Crippen LogP contribution in [-0.4, -0.2) is 20.5 Å². The van der Waals surface area contributed by atoms with Gasteiger partial charge in [0.1, 0.15) is 18.1 Å². The largest absolute Gasteiger partial charge is 0.487 e. The van der Waals surface area contributed by atoms with E-state index in [0.29, 0.717) is 11.1 Å². The Morgan fingerprint density at radius 2 is 1.93 bits per heavy atom. The Morgan fingerprint density at radius 3 is 2.54 bits per heavy atom. The second-order valence-electron chi connectivity index (χ2n) is 6.15. The van der Waals surface area contributed by atoms with Crippen LogP contribution < -0.4 is 4.74 Å². The Balaban J connectivity index is 0.000000878. The fourth-order valence-electron chi connectivity index (χ4n) is 2.61. The van der Waals surface area contributed by atoms with Gasteiger partial charge in [0, 0.05) is 17.3 Å². The molecule has 3 heterocycles. The van der Waals surface area contributed by atoms with Crippen LogP contribution in [0, 0.1) is 6.92 Å². The fourth-order valence-corrected chi connectivity index (χ4v) is 2.61. The highest BCUT2D eigenvalue weighted by Gasteiger charge is 2.35. The second-order valence-corrected chi connectivity index (χ2v) is 6.15. The molecule has 0 amide bonds. The number of pyridine rings is 2. The Hall–Kier alpha value is -3.03. The summed E-state index contributed by atoms with van der Waals surface area (Å²) in [5.41, 5.74) is 0.213. The predicted molar refractivity (Wildman–Crippen MR) is 98.6 cm³/mol. The monoisotopic (exact) mass is 394 g/mol. The minimum atomic E-state index is -4.57. The molecular weight excluding hydrogens is 373 g/mol. The van der Waals surface area contributed by atoms with E-state index in [0.717, 1.165) is 6.20 Å². The number of aryl methyl sites for hydroxylation is 1. The summed E-state index contributed by atoms with van der Waals surface area (Å²) in [4.78, 5) is 14.7. The van der Waals surface area contributed by atoms with Crippen molar-refractivity contribution in [1.82, 2.24) is 9.38 Å². The number of rotatable bonds is 4. The molecule has 5 nitrogen and oxygen atoms in total. The summed E-state index contributed by atoms with van der Waals surface area (Å²) in [6.45, 7) is 5.58. The average Bonchev–Trinajstić information content (AvgIpc) is 2.95. The van der Waals surface area contributed by atoms with E-state index >= 15 is 0 Å². The molecule has 0 fully saturated rings. The number of aromatic nitrogens is 2. The number of fused-ring (bicyclic) bond motifs is 1. The number of aromatic carboxylic acids is 1. The Bertz CT molecular complexity index is 965. The zero-order valence-electron chi connectivity index (χ0n) is 15.7. The molecule has 0 spiro atoms. The number of carboxylic acids is 1. The van der Waals surface area contributed by atoms with E-state index in [9.17, 15) is 23.1 Å². The number of hydrogen-bond acceptors (Lipinski definition) is 3. The molecular formula is C20H21F3N2O3. The zero-order valence-corrected chi connectivity index (χ0v) is 15.7. The molecule has 0 aliphatic rings. The topological polar surface area (TPSA) is 63.8 Å². The highest BCUT2D eigenvalue weighted by atomic mass is 19.4. The van der Waals surface area contributed by atoms with E-state index in [1.54, 1.807) is 25.1 Å². The Morgan fingerprint density at radius 1 is 1.25 bits per heavy atom. The molecule has 8 heteroatoms. The summed E-state index contributed by atoms with van der Waals surface area (Å²) >= 11 is 0. The smallest absolute Gasteiger partial charge is 0.433 e. The number of halogens is 3. The van der Waals surface area contributed by atoms with E-state index < -0.39 is 17.8 Å². The first-order chi connectivity index (χ1) is 13.2. The van der Waals surface area contributed by atoms with Crippen molar-refractivity contribution in [3.63, 3.8) is 0 Å². The van der Waals surface area contributed by atoms with Gasteiger partial charge >= 0.3 is 12.1 Å². The second kappa shape index (κ2) is 8.77. The van der Waals surface area contributed by atoms with E-state index in [-0.39, 0.29) is 23.6 Å². The van der Waals surface area contributed by atoms with Crippen molar-refractivity contribution in [3.05, 3.63) is 65.2 Å². The average molecular weight is 394 g/mol. The minimum absolute atomic E-state index is 0.0813. The Kier molecular flexibility index (Phi) is 6.66. The predicted octanol–water partition coefficient (Wildman–Crippen LogP) is 5.36. The summed E-state index contributed by atoms with van der Waals surface area (Å²) in [5.74, 6) is -0.844. The van der Waals surface area contributed by atoms with Crippen LogP contribution in [0.25, 0.3) is 5.52 Å². The first kappa shape index (κ1) is 21.3. The van der Waals surface area contributed by atoms with Crippen molar-refractivity contribution in [1.29, 1.82) is 0 Å². The highest BCUT2D eigenvalue weighted by molar-refractivity contribution is 5.89. The van der Waals surface area contributed by atoms with Gasteiger partial charge in [0.2, 0.25) is 0 Å². The molecule has 0 unspecified atom stereocenters. The van der Waals surface area contributed by atoms with Crippen LogP contribution in [0.5, 0.6) is 5.75 Å². The van der Waals surface area contributed by atoms with Gasteiger partial charge in [-0.15, -0.1) is 0 Å². The molecule has 1 N–H and O–H groups in total. The quantitative estimate of drug-likeness (QED) is 0.647. The van der Waals surface area contributed by atoms with Crippen molar-refractivity contribution in [2.24, 2.45) is 0 Å². The van der Waals surface area contributed by atoms with Crippen LogP contribution in [0.3, 0.4) is 0 Å². The summed E-state index contributed by atoms with van der Waals surface area (Å²) < 4.78 is 45.7. The molecule has 28 heavy (non-hydrogen) atoms. The lowest BCUT2D eigenvalue weighted by atomic mass is 10.2. The number of carboxylic acid groups (broad SMARTS) is 1. The van der Waals surface area contributed by atoms with E-state index in [2.05, 4.69) is 18.8 Å². The van der Waals surface area contributed by atoms with Crippen LogP contribution in [0.2, 0.25) is 0 Å². The zero-order chi connectivity index (χ0) is 20.9. The molecule has 0 saturated heterocycles. The molecule has 3 rings (SSSR count). The molecule has 0 bridgehead atoms.